The molecular weight excluding hydrogens is 210 g/mol. The molecule has 0 heterocycles. The van der Waals surface area contributed by atoms with E-state index >= 15 is 0 Å². The Hall–Kier alpha value is -0.410. The second kappa shape index (κ2) is 5.35. The van der Waals surface area contributed by atoms with Crippen molar-refractivity contribution in [3.8, 4) is 6.07 Å². The van der Waals surface area contributed by atoms with Gasteiger partial charge in [-0.15, -0.1) is 0 Å². The van der Waals surface area contributed by atoms with Crippen molar-refractivity contribution >= 4 is 20.6 Å². The van der Waals surface area contributed by atoms with Gasteiger partial charge in [-0.2, -0.15) is 5.26 Å². The van der Waals surface area contributed by atoms with E-state index in [4.69, 9.17) is 5.26 Å². The molecule has 0 bridgehead atoms. The highest BCUT2D eigenvalue weighted by Crippen LogP contribution is 2.01. The van der Waals surface area contributed by atoms with Crippen molar-refractivity contribution in [1.29, 1.82) is 5.26 Å². The van der Waals surface area contributed by atoms with Gasteiger partial charge in [-0.05, 0) is 6.42 Å². The fourth-order valence-corrected chi connectivity index (χ4v) is 3.35. The van der Waals surface area contributed by atoms with Crippen molar-refractivity contribution in [1.82, 2.24) is 0 Å². The Morgan fingerprint density at radius 2 is 2.08 bits per heavy atom. The SMILES string of the molecule is CCC(C#N)S(=O)CCS(C)(=O)=O. The van der Waals surface area contributed by atoms with E-state index in [1.807, 2.05) is 6.07 Å². The van der Waals surface area contributed by atoms with Gasteiger partial charge in [0.1, 0.15) is 15.1 Å². The van der Waals surface area contributed by atoms with Crippen LogP contribution in [-0.2, 0) is 20.6 Å². The number of nitriles is 1. The van der Waals surface area contributed by atoms with Gasteiger partial charge in [0.05, 0.1) is 11.8 Å². The highest BCUT2D eigenvalue weighted by molar-refractivity contribution is 7.92. The summed E-state index contributed by atoms with van der Waals surface area (Å²) in [5, 5.41) is 7.99. The van der Waals surface area contributed by atoms with Gasteiger partial charge in [-0.1, -0.05) is 6.92 Å². The molecule has 76 valence electrons. The molecule has 0 saturated heterocycles. The highest BCUT2D eigenvalue weighted by atomic mass is 32.2. The lowest BCUT2D eigenvalue weighted by atomic mass is 10.4. The van der Waals surface area contributed by atoms with Crippen LogP contribution < -0.4 is 0 Å². The Morgan fingerprint density at radius 1 is 1.54 bits per heavy atom. The molecule has 0 aromatic carbocycles. The summed E-state index contributed by atoms with van der Waals surface area (Å²) >= 11 is 0. The molecule has 4 nitrogen and oxygen atoms in total. The zero-order chi connectivity index (χ0) is 10.5. The Labute approximate surface area is 81.3 Å². The van der Waals surface area contributed by atoms with Crippen molar-refractivity contribution in [2.45, 2.75) is 18.6 Å². The van der Waals surface area contributed by atoms with Crippen LogP contribution in [0.15, 0.2) is 0 Å². The zero-order valence-electron chi connectivity index (χ0n) is 7.69. The van der Waals surface area contributed by atoms with Gasteiger partial charge >= 0.3 is 0 Å². The summed E-state index contributed by atoms with van der Waals surface area (Å²) in [6, 6.07) is 1.89. The molecular formula is C7H13NO3S2. The van der Waals surface area contributed by atoms with Gasteiger partial charge in [0.25, 0.3) is 0 Å². The lowest BCUT2D eigenvalue weighted by Gasteiger charge is -2.04. The van der Waals surface area contributed by atoms with Gasteiger partial charge < -0.3 is 0 Å². The van der Waals surface area contributed by atoms with Crippen molar-refractivity contribution < 1.29 is 12.6 Å². The number of hydrogen-bond acceptors (Lipinski definition) is 4. The Morgan fingerprint density at radius 3 is 2.38 bits per heavy atom. The molecule has 2 unspecified atom stereocenters. The Kier molecular flexibility index (Phi) is 5.18. The smallest absolute Gasteiger partial charge is 0.148 e. The van der Waals surface area contributed by atoms with E-state index in [2.05, 4.69) is 0 Å². The van der Waals surface area contributed by atoms with E-state index in [1.165, 1.54) is 0 Å². The van der Waals surface area contributed by atoms with Crippen LogP contribution in [0.2, 0.25) is 0 Å². The Balaban J connectivity index is 4.11. The van der Waals surface area contributed by atoms with E-state index in [-0.39, 0.29) is 11.5 Å². The molecule has 0 N–H and O–H groups in total. The van der Waals surface area contributed by atoms with Gasteiger partial charge in [-0.3, -0.25) is 4.21 Å². The fraction of sp³-hybridized carbons (Fsp3) is 0.857. The maximum absolute atomic E-state index is 11.3. The average molecular weight is 223 g/mol. The maximum Gasteiger partial charge on any atom is 0.148 e. The molecule has 0 radical (unpaired) electrons. The molecule has 0 aromatic rings. The minimum Gasteiger partial charge on any atom is -0.258 e. The molecule has 0 amide bonds. The second-order valence-electron chi connectivity index (χ2n) is 2.74. The normalized spacial score (nSPS) is 16.1. The predicted molar refractivity (Wildman–Crippen MR) is 52.4 cm³/mol. The molecule has 0 spiro atoms. The molecule has 0 aromatic heterocycles. The minimum atomic E-state index is -3.07. The van der Waals surface area contributed by atoms with Gasteiger partial charge in [0.2, 0.25) is 0 Å². The summed E-state index contributed by atoms with van der Waals surface area (Å²) < 4.78 is 32.7. The molecule has 0 rings (SSSR count). The summed E-state index contributed by atoms with van der Waals surface area (Å²) in [6.07, 6.45) is 1.59. The molecule has 0 aliphatic carbocycles. The van der Waals surface area contributed by atoms with E-state index < -0.39 is 25.9 Å². The number of nitrogens with zero attached hydrogens (tertiary/aromatic N) is 1. The molecule has 0 aliphatic heterocycles. The number of rotatable bonds is 5. The molecule has 2 atom stereocenters. The molecule has 0 fully saturated rings. The monoisotopic (exact) mass is 223 g/mol. The summed E-state index contributed by atoms with van der Waals surface area (Å²) in [5.74, 6) is -0.0529. The molecule has 0 saturated carbocycles. The van der Waals surface area contributed by atoms with E-state index in [0.29, 0.717) is 6.42 Å². The first-order valence-electron chi connectivity index (χ1n) is 3.85. The minimum absolute atomic E-state index is 0.0604. The first-order valence-corrected chi connectivity index (χ1v) is 7.29. The molecule has 0 aliphatic rings. The van der Waals surface area contributed by atoms with E-state index in [1.54, 1.807) is 6.92 Å². The molecule has 6 heteroatoms. The average Bonchev–Trinajstić information content (AvgIpc) is 2.02. The fourth-order valence-electron chi connectivity index (χ4n) is 0.712. The third-order valence-corrected chi connectivity index (χ3v) is 4.37. The predicted octanol–water partition coefficient (Wildman–Crippen LogP) is 0.0819. The largest absolute Gasteiger partial charge is 0.258 e. The zero-order valence-corrected chi connectivity index (χ0v) is 9.32. The van der Waals surface area contributed by atoms with Gasteiger partial charge in [0.15, 0.2) is 0 Å². The van der Waals surface area contributed by atoms with Crippen molar-refractivity contribution in [2.75, 3.05) is 17.8 Å². The number of hydrogen-bond donors (Lipinski definition) is 0. The van der Waals surface area contributed by atoms with E-state index in [0.717, 1.165) is 6.26 Å². The standard InChI is InChI=1S/C7H13NO3S2/c1-3-7(6-8)12(9)4-5-13(2,10)11/h7H,3-5H2,1-2H3. The van der Waals surface area contributed by atoms with Crippen LogP contribution in [0.4, 0.5) is 0 Å². The first-order chi connectivity index (χ1) is 5.90. The summed E-state index contributed by atoms with van der Waals surface area (Å²) in [4.78, 5) is 0. The van der Waals surface area contributed by atoms with Crippen LogP contribution in [0.5, 0.6) is 0 Å². The molecule has 13 heavy (non-hydrogen) atoms. The summed E-state index contributed by atoms with van der Waals surface area (Å²) in [6.45, 7) is 1.76. The van der Waals surface area contributed by atoms with Crippen LogP contribution >= 0.6 is 0 Å². The van der Waals surface area contributed by atoms with Crippen molar-refractivity contribution in [3.05, 3.63) is 0 Å². The first kappa shape index (κ1) is 12.6. The van der Waals surface area contributed by atoms with Crippen molar-refractivity contribution in [2.24, 2.45) is 0 Å². The third kappa shape index (κ3) is 5.77. The van der Waals surface area contributed by atoms with Gasteiger partial charge in [-0.25, -0.2) is 8.42 Å². The number of sulfone groups is 1. The van der Waals surface area contributed by atoms with Crippen LogP contribution in [-0.4, -0.2) is 35.6 Å². The second-order valence-corrected chi connectivity index (χ2v) is 6.74. The maximum atomic E-state index is 11.3. The van der Waals surface area contributed by atoms with Crippen molar-refractivity contribution in [3.63, 3.8) is 0 Å². The highest BCUT2D eigenvalue weighted by Gasteiger charge is 2.15. The lowest BCUT2D eigenvalue weighted by Crippen LogP contribution is -2.19. The van der Waals surface area contributed by atoms with Crippen LogP contribution in [0.25, 0.3) is 0 Å². The topological polar surface area (TPSA) is 75.0 Å². The third-order valence-electron chi connectivity index (χ3n) is 1.49. The van der Waals surface area contributed by atoms with Crippen LogP contribution in [0.1, 0.15) is 13.3 Å². The Bertz CT molecular complexity index is 315. The van der Waals surface area contributed by atoms with E-state index in [9.17, 15) is 12.6 Å². The van der Waals surface area contributed by atoms with Crippen LogP contribution in [0, 0.1) is 11.3 Å². The van der Waals surface area contributed by atoms with Gasteiger partial charge in [0, 0.05) is 22.8 Å². The summed E-state index contributed by atoms with van der Waals surface area (Å²) in [7, 11) is -4.42. The summed E-state index contributed by atoms with van der Waals surface area (Å²) in [5.41, 5.74) is 0. The van der Waals surface area contributed by atoms with Crippen LogP contribution in [0.3, 0.4) is 0 Å². The quantitative estimate of drug-likeness (QED) is 0.661. The lowest BCUT2D eigenvalue weighted by molar-refractivity contribution is 0.602.